The average Bonchev–Trinajstić information content (AvgIpc) is 2.21. The fraction of sp³-hybridized carbons (Fsp3) is 0.909. The molecular weight excluding hydrogens is 192 g/mol. The fourth-order valence-corrected chi connectivity index (χ4v) is 1.85. The lowest BCUT2D eigenvalue weighted by molar-refractivity contribution is -0.132. The third kappa shape index (κ3) is 3.80. The molecule has 4 nitrogen and oxygen atoms in total. The number of carbonyl (C=O) groups excluding carboxylic acids is 1. The summed E-state index contributed by atoms with van der Waals surface area (Å²) >= 11 is 0. The zero-order valence-corrected chi connectivity index (χ0v) is 9.88. The molecule has 3 unspecified atom stereocenters. The molecule has 0 aromatic rings. The summed E-state index contributed by atoms with van der Waals surface area (Å²) in [6.45, 7) is 8.40. The molecule has 1 rings (SSSR count). The minimum absolute atomic E-state index is 0.00981. The molecule has 4 heteroatoms. The first-order valence-electron chi connectivity index (χ1n) is 5.77. The number of ether oxygens (including phenoxy) is 1. The third-order valence-electron chi connectivity index (χ3n) is 2.90. The Morgan fingerprint density at radius 1 is 1.67 bits per heavy atom. The molecule has 0 bridgehead atoms. The van der Waals surface area contributed by atoms with Gasteiger partial charge < -0.3 is 15.4 Å². The van der Waals surface area contributed by atoms with E-state index in [1.165, 1.54) is 0 Å². The first-order chi connectivity index (χ1) is 7.15. The van der Waals surface area contributed by atoms with Crippen LogP contribution in [0.2, 0.25) is 0 Å². The number of rotatable bonds is 4. The Morgan fingerprint density at radius 3 is 3.00 bits per heavy atom. The standard InChI is InChI=1S/C11H22N2O2/c1-4-15-9(3)11(14)13-10-5-6-12-7-8(10)2/h8-10,12H,4-7H2,1-3H3,(H,13,14). The molecule has 1 aliphatic rings. The molecule has 0 aliphatic carbocycles. The molecule has 0 aromatic carbocycles. The zero-order chi connectivity index (χ0) is 11.3. The Morgan fingerprint density at radius 2 is 2.40 bits per heavy atom. The van der Waals surface area contributed by atoms with Gasteiger partial charge in [-0.2, -0.15) is 0 Å². The number of hydrogen-bond donors (Lipinski definition) is 2. The second kappa shape index (κ2) is 6.08. The Balaban J connectivity index is 2.35. The summed E-state index contributed by atoms with van der Waals surface area (Å²) in [7, 11) is 0. The first kappa shape index (κ1) is 12.5. The molecule has 0 spiro atoms. The maximum Gasteiger partial charge on any atom is 0.249 e. The lowest BCUT2D eigenvalue weighted by atomic mass is 9.95. The SMILES string of the molecule is CCOC(C)C(=O)NC1CCNCC1C. The minimum atomic E-state index is -0.336. The molecule has 0 radical (unpaired) electrons. The normalized spacial score (nSPS) is 28.5. The van der Waals surface area contributed by atoms with Crippen molar-refractivity contribution in [2.24, 2.45) is 5.92 Å². The molecule has 0 saturated carbocycles. The van der Waals surface area contributed by atoms with Gasteiger partial charge in [0, 0.05) is 12.6 Å². The van der Waals surface area contributed by atoms with Crippen LogP contribution in [0.1, 0.15) is 27.2 Å². The van der Waals surface area contributed by atoms with Crippen molar-refractivity contribution in [3.05, 3.63) is 0 Å². The Kier molecular flexibility index (Phi) is 5.05. The Bertz CT molecular complexity index is 209. The van der Waals surface area contributed by atoms with E-state index in [0.29, 0.717) is 18.6 Å². The van der Waals surface area contributed by atoms with Crippen molar-refractivity contribution in [2.45, 2.75) is 39.3 Å². The molecule has 1 amide bonds. The van der Waals surface area contributed by atoms with Gasteiger partial charge in [0.2, 0.25) is 5.91 Å². The maximum atomic E-state index is 11.7. The monoisotopic (exact) mass is 214 g/mol. The summed E-state index contributed by atoms with van der Waals surface area (Å²) in [6, 6.07) is 0.293. The number of carbonyl (C=O) groups is 1. The minimum Gasteiger partial charge on any atom is -0.369 e. The fourth-order valence-electron chi connectivity index (χ4n) is 1.85. The van der Waals surface area contributed by atoms with Gasteiger partial charge in [0.05, 0.1) is 0 Å². The van der Waals surface area contributed by atoms with Crippen LogP contribution in [0.3, 0.4) is 0 Å². The van der Waals surface area contributed by atoms with Crippen LogP contribution in [0.5, 0.6) is 0 Å². The molecule has 0 aromatic heterocycles. The van der Waals surface area contributed by atoms with Crippen LogP contribution in [0.15, 0.2) is 0 Å². The van der Waals surface area contributed by atoms with Gasteiger partial charge in [-0.1, -0.05) is 6.92 Å². The summed E-state index contributed by atoms with van der Waals surface area (Å²) in [5.41, 5.74) is 0. The van der Waals surface area contributed by atoms with Crippen LogP contribution in [0, 0.1) is 5.92 Å². The summed E-state index contributed by atoms with van der Waals surface area (Å²) in [6.07, 6.45) is 0.670. The van der Waals surface area contributed by atoms with Gasteiger partial charge in [0.25, 0.3) is 0 Å². The molecule has 15 heavy (non-hydrogen) atoms. The second-order valence-electron chi connectivity index (χ2n) is 4.18. The van der Waals surface area contributed by atoms with Crippen molar-refractivity contribution in [1.29, 1.82) is 0 Å². The van der Waals surface area contributed by atoms with Crippen LogP contribution in [-0.2, 0) is 9.53 Å². The molecule has 1 fully saturated rings. The highest BCUT2D eigenvalue weighted by molar-refractivity contribution is 5.80. The quantitative estimate of drug-likeness (QED) is 0.717. The number of amides is 1. The lowest BCUT2D eigenvalue weighted by Gasteiger charge is -2.31. The predicted octanol–water partition coefficient (Wildman–Crippen LogP) is 0.526. The van der Waals surface area contributed by atoms with E-state index in [0.717, 1.165) is 19.5 Å². The summed E-state index contributed by atoms with van der Waals surface area (Å²) in [4.78, 5) is 11.7. The van der Waals surface area contributed by atoms with Gasteiger partial charge in [0.15, 0.2) is 0 Å². The topological polar surface area (TPSA) is 50.4 Å². The van der Waals surface area contributed by atoms with Gasteiger partial charge in [-0.3, -0.25) is 4.79 Å². The molecule has 1 aliphatic heterocycles. The molecule has 3 atom stereocenters. The molecular formula is C11H22N2O2. The largest absolute Gasteiger partial charge is 0.369 e. The van der Waals surface area contributed by atoms with Gasteiger partial charge in [0.1, 0.15) is 6.10 Å². The van der Waals surface area contributed by atoms with Gasteiger partial charge in [-0.05, 0) is 39.3 Å². The molecule has 88 valence electrons. The van der Waals surface area contributed by atoms with Crippen LogP contribution in [0.25, 0.3) is 0 Å². The van der Waals surface area contributed by atoms with E-state index in [2.05, 4.69) is 17.6 Å². The Hall–Kier alpha value is -0.610. The number of nitrogens with one attached hydrogen (secondary N) is 2. The van der Waals surface area contributed by atoms with Crippen LogP contribution >= 0.6 is 0 Å². The molecule has 1 heterocycles. The number of hydrogen-bond acceptors (Lipinski definition) is 3. The highest BCUT2D eigenvalue weighted by Crippen LogP contribution is 2.10. The Labute approximate surface area is 91.8 Å². The third-order valence-corrected chi connectivity index (χ3v) is 2.90. The summed E-state index contributed by atoms with van der Waals surface area (Å²) in [5, 5.41) is 6.36. The highest BCUT2D eigenvalue weighted by atomic mass is 16.5. The average molecular weight is 214 g/mol. The van der Waals surface area contributed by atoms with E-state index in [1.54, 1.807) is 6.92 Å². The summed E-state index contributed by atoms with van der Waals surface area (Å²) < 4.78 is 5.25. The highest BCUT2D eigenvalue weighted by Gasteiger charge is 2.24. The second-order valence-corrected chi connectivity index (χ2v) is 4.18. The van der Waals surface area contributed by atoms with Gasteiger partial charge in [-0.15, -0.1) is 0 Å². The van der Waals surface area contributed by atoms with E-state index >= 15 is 0 Å². The molecule has 2 N–H and O–H groups in total. The van der Waals surface area contributed by atoms with Crippen molar-refractivity contribution in [3.8, 4) is 0 Å². The van der Waals surface area contributed by atoms with Gasteiger partial charge >= 0.3 is 0 Å². The number of piperidine rings is 1. The van der Waals surface area contributed by atoms with E-state index < -0.39 is 0 Å². The van der Waals surface area contributed by atoms with Crippen LogP contribution in [0.4, 0.5) is 0 Å². The predicted molar refractivity (Wildman–Crippen MR) is 59.7 cm³/mol. The van der Waals surface area contributed by atoms with Crippen LogP contribution < -0.4 is 10.6 Å². The van der Waals surface area contributed by atoms with E-state index in [4.69, 9.17) is 4.74 Å². The van der Waals surface area contributed by atoms with Crippen molar-refractivity contribution >= 4 is 5.91 Å². The zero-order valence-electron chi connectivity index (χ0n) is 9.88. The smallest absolute Gasteiger partial charge is 0.249 e. The maximum absolute atomic E-state index is 11.7. The van der Waals surface area contributed by atoms with Crippen LogP contribution in [-0.4, -0.2) is 37.7 Å². The van der Waals surface area contributed by atoms with Gasteiger partial charge in [-0.25, -0.2) is 0 Å². The van der Waals surface area contributed by atoms with E-state index in [9.17, 15) is 4.79 Å². The lowest BCUT2D eigenvalue weighted by Crippen LogP contribution is -2.50. The van der Waals surface area contributed by atoms with Crippen molar-refractivity contribution in [2.75, 3.05) is 19.7 Å². The van der Waals surface area contributed by atoms with E-state index in [1.807, 2.05) is 6.92 Å². The van der Waals surface area contributed by atoms with E-state index in [-0.39, 0.29) is 12.0 Å². The van der Waals surface area contributed by atoms with Crippen molar-refractivity contribution in [3.63, 3.8) is 0 Å². The van der Waals surface area contributed by atoms with Crippen molar-refractivity contribution < 1.29 is 9.53 Å². The molecule has 1 saturated heterocycles. The first-order valence-corrected chi connectivity index (χ1v) is 5.77. The van der Waals surface area contributed by atoms with Crippen molar-refractivity contribution in [1.82, 2.24) is 10.6 Å². The summed E-state index contributed by atoms with van der Waals surface area (Å²) in [5.74, 6) is 0.507.